The second kappa shape index (κ2) is 5.78. The first-order chi connectivity index (χ1) is 11.4. The molecule has 2 aliphatic rings. The van der Waals surface area contributed by atoms with Gasteiger partial charge in [0.25, 0.3) is 5.82 Å². The molecule has 0 spiro atoms. The van der Waals surface area contributed by atoms with E-state index in [1.165, 1.54) is 0 Å². The molecule has 1 aliphatic carbocycles. The maximum Gasteiger partial charge on any atom is 0.453 e. The molecule has 2 atom stereocenters. The molecule has 3 rings (SSSR count). The Kier molecular flexibility index (Phi) is 4.24. The van der Waals surface area contributed by atoms with Crippen LogP contribution in [-0.2, 0) is 11.0 Å². The standard InChI is InChI=1S/C15H22F3N5OS/c1-13(2)4-9-5-14(3,7-13)8-22(9)10(24)6-25-12-21-20-11(23(12)19)15(16,17)18/h9H,4-8,19H2,1-3H3/t9-,14-/m0/s1. The number of nitrogens with two attached hydrogens (primary N) is 1. The van der Waals surface area contributed by atoms with Gasteiger partial charge in [-0.05, 0) is 30.1 Å². The number of amides is 1. The quantitative estimate of drug-likeness (QED) is 0.647. The van der Waals surface area contributed by atoms with Crippen molar-refractivity contribution in [3.05, 3.63) is 5.82 Å². The molecule has 2 N–H and O–H groups in total. The Morgan fingerprint density at radius 2 is 2.00 bits per heavy atom. The van der Waals surface area contributed by atoms with Crippen LogP contribution in [0.15, 0.2) is 5.16 Å². The minimum Gasteiger partial charge on any atom is -0.338 e. The lowest BCUT2D eigenvalue weighted by atomic mass is 9.65. The molecule has 10 heteroatoms. The normalized spacial score (nSPS) is 28.4. The van der Waals surface area contributed by atoms with Crippen LogP contribution in [0.3, 0.4) is 0 Å². The van der Waals surface area contributed by atoms with E-state index in [-0.39, 0.29) is 33.7 Å². The number of carbonyl (C=O) groups is 1. The molecule has 1 amide bonds. The first-order valence-electron chi connectivity index (χ1n) is 8.10. The van der Waals surface area contributed by atoms with Crippen molar-refractivity contribution in [1.29, 1.82) is 0 Å². The Labute approximate surface area is 148 Å². The van der Waals surface area contributed by atoms with E-state index >= 15 is 0 Å². The maximum absolute atomic E-state index is 12.7. The Bertz CT molecular complexity index is 689. The molecule has 2 bridgehead atoms. The Balaban J connectivity index is 1.66. The number of thioether (sulfide) groups is 1. The van der Waals surface area contributed by atoms with Crippen molar-refractivity contribution in [3.63, 3.8) is 0 Å². The lowest BCUT2D eigenvalue weighted by Crippen LogP contribution is -2.38. The van der Waals surface area contributed by atoms with Gasteiger partial charge < -0.3 is 10.7 Å². The molecule has 2 heterocycles. The summed E-state index contributed by atoms with van der Waals surface area (Å²) < 4.78 is 38.4. The predicted molar refractivity (Wildman–Crippen MR) is 87.1 cm³/mol. The van der Waals surface area contributed by atoms with Gasteiger partial charge in [-0.25, -0.2) is 4.68 Å². The van der Waals surface area contributed by atoms with Crippen LogP contribution in [0, 0.1) is 10.8 Å². The molecular weight excluding hydrogens is 355 g/mol. The number of fused-ring (bicyclic) bond motifs is 2. The van der Waals surface area contributed by atoms with E-state index < -0.39 is 12.0 Å². The molecule has 25 heavy (non-hydrogen) atoms. The van der Waals surface area contributed by atoms with Crippen molar-refractivity contribution < 1.29 is 18.0 Å². The summed E-state index contributed by atoms with van der Waals surface area (Å²) in [5.41, 5.74) is 0.309. The van der Waals surface area contributed by atoms with E-state index in [0.717, 1.165) is 31.0 Å². The monoisotopic (exact) mass is 377 g/mol. The number of likely N-dealkylation sites (tertiary alicyclic amines) is 1. The molecule has 0 radical (unpaired) electrons. The van der Waals surface area contributed by atoms with Gasteiger partial charge in [0.15, 0.2) is 0 Å². The highest BCUT2D eigenvalue weighted by atomic mass is 32.2. The van der Waals surface area contributed by atoms with Crippen molar-refractivity contribution in [2.75, 3.05) is 18.1 Å². The third kappa shape index (κ3) is 3.58. The van der Waals surface area contributed by atoms with Gasteiger partial charge in [0.05, 0.1) is 5.75 Å². The molecule has 1 saturated heterocycles. The van der Waals surface area contributed by atoms with E-state index in [9.17, 15) is 18.0 Å². The zero-order valence-electron chi connectivity index (χ0n) is 14.4. The van der Waals surface area contributed by atoms with Crippen molar-refractivity contribution in [1.82, 2.24) is 19.8 Å². The third-order valence-electron chi connectivity index (χ3n) is 4.98. The van der Waals surface area contributed by atoms with E-state index in [2.05, 4.69) is 31.0 Å². The summed E-state index contributed by atoms with van der Waals surface area (Å²) in [6.07, 6.45) is -1.67. The van der Waals surface area contributed by atoms with E-state index in [0.29, 0.717) is 11.2 Å². The Morgan fingerprint density at radius 1 is 1.32 bits per heavy atom. The second-order valence-electron chi connectivity index (χ2n) is 8.20. The molecule has 1 saturated carbocycles. The smallest absolute Gasteiger partial charge is 0.338 e. The van der Waals surface area contributed by atoms with Crippen LogP contribution < -0.4 is 5.84 Å². The first-order valence-corrected chi connectivity index (χ1v) is 9.09. The fourth-order valence-corrected chi connectivity index (χ4v) is 5.27. The number of halogens is 3. The lowest BCUT2D eigenvalue weighted by molar-refractivity contribution is -0.146. The molecule has 1 aromatic rings. The van der Waals surface area contributed by atoms with Crippen LogP contribution in [0.2, 0.25) is 0 Å². The zero-order valence-corrected chi connectivity index (χ0v) is 15.2. The zero-order chi connectivity index (χ0) is 18.6. The SMILES string of the molecule is CC1(C)C[C@H]2C[C@](C)(CN2C(=O)CSc2nnc(C(F)(F)F)n2N)C1. The lowest BCUT2D eigenvalue weighted by Gasteiger charge is -2.39. The number of alkyl halides is 3. The highest BCUT2D eigenvalue weighted by Crippen LogP contribution is 2.52. The summed E-state index contributed by atoms with van der Waals surface area (Å²) in [4.78, 5) is 14.5. The topological polar surface area (TPSA) is 77.0 Å². The number of nitrogen functional groups attached to an aromatic ring is 1. The number of rotatable bonds is 3. The third-order valence-corrected chi connectivity index (χ3v) is 5.91. The van der Waals surface area contributed by atoms with Crippen LogP contribution in [0.1, 0.15) is 45.9 Å². The van der Waals surface area contributed by atoms with Crippen molar-refractivity contribution in [3.8, 4) is 0 Å². The summed E-state index contributed by atoms with van der Waals surface area (Å²) >= 11 is 0.885. The van der Waals surface area contributed by atoms with Gasteiger partial charge in [-0.15, -0.1) is 10.2 Å². The molecule has 0 unspecified atom stereocenters. The fraction of sp³-hybridized carbons (Fsp3) is 0.800. The maximum atomic E-state index is 12.7. The van der Waals surface area contributed by atoms with Gasteiger partial charge in [-0.2, -0.15) is 13.2 Å². The van der Waals surface area contributed by atoms with Crippen LogP contribution in [0.4, 0.5) is 13.2 Å². The molecule has 2 fully saturated rings. The summed E-state index contributed by atoms with van der Waals surface area (Å²) in [6.45, 7) is 7.34. The van der Waals surface area contributed by atoms with Gasteiger partial charge in [-0.1, -0.05) is 32.5 Å². The van der Waals surface area contributed by atoms with Crippen molar-refractivity contribution >= 4 is 17.7 Å². The van der Waals surface area contributed by atoms with Gasteiger partial charge in [0.1, 0.15) is 0 Å². The average molecular weight is 377 g/mol. The Morgan fingerprint density at radius 3 is 2.60 bits per heavy atom. The predicted octanol–water partition coefficient (Wildman–Crippen LogP) is 2.53. The molecule has 0 aromatic carbocycles. The number of nitrogens with zero attached hydrogens (tertiary/aromatic N) is 4. The fourth-order valence-electron chi connectivity index (χ4n) is 4.53. The highest BCUT2D eigenvalue weighted by Gasteiger charge is 2.50. The summed E-state index contributed by atoms with van der Waals surface area (Å²) in [5, 5.41) is 6.39. The molecule has 6 nitrogen and oxygen atoms in total. The second-order valence-corrected chi connectivity index (χ2v) is 9.14. The number of carbonyl (C=O) groups excluding carboxylic acids is 1. The average Bonchev–Trinajstić information content (AvgIpc) is 2.92. The van der Waals surface area contributed by atoms with Crippen LogP contribution in [0.25, 0.3) is 0 Å². The highest BCUT2D eigenvalue weighted by molar-refractivity contribution is 7.99. The number of aromatic nitrogens is 3. The molecule has 1 aliphatic heterocycles. The van der Waals surface area contributed by atoms with Crippen molar-refractivity contribution in [2.24, 2.45) is 10.8 Å². The van der Waals surface area contributed by atoms with Crippen molar-refractivity contribution in [2.45, 2.75) is 57.4 Å². The van der Waals surface area contributed by atoms with E-state index in [1.807, 2.05) is 4.90 Å². The number of hydrogen-bond acceptors (Lipinski definition) is 5. The molecular formula is C15H22F3N5OS. The van der Waals surface area contributed by atoms with Gasteiger partial charge in [0, 0.05) is 12.6 Å². The minimum absolute atomic E-state index is 0.000197. The molecule has 140 valence electrons. The largest absolute Gasteiger partial charge is 0.453 e. The molecule has 1 aromatic heterocycles. The van der Waals surface area contributed by atoms with Gasteiger partial charge in [-0.3, -0.25) is 4.79 Å². The summed E-state index contributed by atoms with van der Waals surface area (Å²) in [6, 6.07) is 0.198. The summed E-state index contributed by atoms with van der Waals surface area (Å²) in [5.74, 6) is 4.04. The van der Waals surface area contributed by atoms with Gasteiger partial charge in [0.2, 0.25) is 11.1 Å². The van der Waals surface area contributed by atoms with Crippen LogP contribution >= 0.6 is 11.8 Å². The summed E-state index contributed by atoms with van der Waals surface area (Å²) in [7, 11) is 0. The van der Waals surface area contributed by atoms with Gasteiger partial charge >= 0.3 is 6.18 Å². The van der Waals surface area contributed by atoms with Crippen LogP contribution in [-0.4, -0.2) is 44.0 Å². The Hall–Kier alpha value is -1.45. The number of hydrogen-bond donors (Lipinski definition) is 1. The van der Waals surface area contributed by atoms with E-state index in [4.69, 9.17) is 5.84 Å². The minimum atomic E-state index is -4.67. The first kappa shape index (κ1) is 18.3. The van der Waals surface area contributed by atoms with E-state index in [1.54, 1.807) is 0 Å². The van der Waals surface area contributed by atoms with Crippen LogP contribution in [0.5, 0.6) is 0 Å².